The lowest BCUT2D eigenvalue weighted by Gasteiger charge is -2.35. The van der Waals surface area contributed by atoms with Crippen molar-refractivity contribution < 1.29 is 4.79 Å². The SMILES string of the molecule is CCC1CCCCN1C(=O)CNc1c(C)cccc1C. The molecule has 0 aromatic heterocycles. The highest BCUT2D eigenvalue weighted by Crippen LogP contribution is 2.21. The average Bonchev–Trinajstić information content (AvgIpc) is 2.46. The molecule has 1 amide bonds. The Bertz CT molecular complexity index is 450. The van der Waals surface area contributed by atoms with Gasteiger partial charge in [0.15, 0.2) is 0 Å². The van der Waals surface area contributed by atoms with Gasteiger partial charge in [0.25, 0.3) is 0 Å². The highest BCUT2D eigenvalue weighted by atomic mass is 16.2. The van der Waals surface area contributed by atoms with E-state index >= 15 is 0 Å². The van der Waals surface area contributed by atoms with E-state index in [0.717, 1.165) is 31.5 Å². The summed E-state index contributed by atoms with van der Waals surface area (Å²) in [5, 5.41) is 3.33. The Hall–Kier alpha value is -1.51. The largest absolute Gasteiger partial charge is 0.376 e. The van der Waals surface area contributed by atoms with Crippen molar-refractivity contribution in [1.82, 2.24) is 4.90 Å². The summed E-state index contributed by atoms with van der Waals surface area (Å²) in [5.74, 6) is 0.235. The summed E-state index contributed by atoms with van der Waals surface area (Å²) in [4.78, 5) is 14.5. The van der Waals surface area contributed by atoms with E-state index in [1.165, 1.54) is 17.5 Å². The molecule has 0 aliphatic carbocycles. The van der Waals surface area contributed by atoms with Crippen LogP contribution in [0.5, 0.6) is 0 Å². The lowest BCUT2D eigenvalue weighted by atomic mass is 10.00. The molecule has 0 radical (unpaired) electrons. The van der Waals surface area contributed by atoms with E-state index in [-0.39, 0.29) is 5.91 Å². The highest BCUT2D eigenvalue weighted by Gasteiger charge is 2.24. The van der Waals surface area contributed by atoms with E-state index in [0.29, 0.717) is 12.6 Å². The van der Waals surface area contributed by atoms with Gasteiger partial charge in [-0.15, -0.1) is 0 Å². The molecular weight excluding hydrogens is 248 g/mol. The second kappa shape index (κ2) is 6.78. The monoisotopic (exact) mass is 274 g/mol. The highest BCUT2D eigenvalue weighted by molar-refractivity contribution is 5.81. The smallest absolute Gasteiger partial charge is 0.242 e. The van der Waals surface area contributed by atoms with Crippen LogP contribution in [0.2, 0.25) is 0 Å². The molecular formula is C17H26N2O. The van der Waals surface area contributed by atoms with Crippen LogP contribution < -0.4 is 5.32 Å². The third-order valence-corrected chi connectivity index (χ3v) is 4.32. The van der Waals surface area contributed by atoms with Crippen LogP contribution in [-0.2, 0) is 4.79 Å². The van der Waals surface area contributed by atoms with Gasteiger partial charge in [0, 0.05) is 18.3 Å². The molecule has 1 saturated heterocycles. The Kier molecular flexibility index (Phi) is 5.05. The van der Waals surface area contributed by atoms with Gasteiger partial charge in [0.2, 0.25) is 5.91 Å². The molecule has 1 aliphatic heterocycles. The number of hydrogen-bond donors (Lipinski definition) is 1. The first kappa shape index (κ1) is 14.9. The van der Waals surface area contributed by atoms with Crippen LogP contribution in [0.15, 0.2) is 18.2 Å². The van der Waals surface area contributed by atoms with E-state index in [1.54, 1.807) is 0 Å². The van der Waals surface area contributed by atoms with Gasteiger partial charge in [-0.05, 0) is 50.7 Å². The van der Waals surface area contributed by atoms with Crippen molar-refractivity contribution in [3.05, 3.63) is 29.3 Å². The Morgan fingerprint density at radius 1 is 1.30 bits per heavy atom. The minimum absolute atomic E-state index is 0.235. The number of amides is 1. The number of hydrogen-bond acceptors (Lipinski definition) is 2. The van der Waals surface area contributed by atoms with Crippen molar-refractivity contribution in [2.45, 2.75) is 52.5 Å². The predicted octanol–water partition coefficient (Wildman–Crippen LogP) is 3.51. The fraction of sp³-hybridized carbons (Fsp3) is 0.588. The molecule has 1 aromatic rings. The van der Waals surface area contributed by atoms with Crippen molar-refractivity contribution in [3.63, 3.8) is 0 Å². The van der Waals surface area contributed by atoms with E-state index < -0.39 is 0 Å². The number of aryl methyl sites for hydroxylation is 2. The minimum atomic E-state index is 0.235. The van der Waals surface area contributed by atoms with Gasteiger partial charge in [0.05, 0.1) is 6.54 Å². The van der Waals surface area contributed by atoms with E-state index in [1.807, 2.05) is 0 Å². The second-order valence-corrected chi connectivity index (χ2v) is 5.77. The summed E-state index contributed by atoms with van der Waals surface area (Å²) < 4.78 is 0. The maximum Gasteiger partial charge on any atom is 0.242 e. The van der Waals surface area contributed by atoms with Crippen molar-refractivity contribution in [1.29, 1.82) is 0 Å². The number of rotatable bonds is 4. The number of carbonyl (C=O) groups is 1. The van der Waals surface area contributed by atoms with Crippen molar-refractivity contribution in [2.24, 2.45) is 0 Å². The number of nitrogens with one attached hydrogen (secondary N) is 1. The van der Waals surface area contributed by atoms with Gasteiger partial charge in [-0.3, -0.25) is 4.79 Å². The fourth-order valence-electron chi connectivity index (χ4n) is 3.11. The summed E-state index contributed by atoms with van der Waals surface area (Å²) >= 11 is 0. The molecule has 3 heteroatoms. The maximum absolute atomic E-state index is 12.4. The van der Waals surface area contributed by atoms with Crippen molar-refractivity contribution in [2.75, 3.05) is 18.4 Å². The standard InChI is InChI=1S/C17H26N2O/c1-4-15-10-5-6-11-19(15)16(20)12-18-17-13(2)8-7-9-14(17)3/h7-9,15,18H,4-6,10-12H2,1-3H3. The zero-order chi connectivity index (χ0) is 14.5. The third-order valence-electron chi connectivity index (χ3n) is 4.32. The first-order valence-corrected chi connectivity index (χ1v) is 7.73. The molecule has 20 heavy (non-hydrogen) atoms. The lowest BCUT2D eigenvalue weighted by molar-refractivity contribution is -0.133. The molecule has 0 bridgehead atoms. The van der Waals surface area contributed by atoms with Crippen LogP contribution in [0, 0.1) is 13.8 Å². The van der Waals surface area contributed by atoms with E-state index in [9.17, 15) is 4.79 Å². The quantitative estimate of drug-likeness (QED) is 0.911. The number of benzene rings is 1. The van der Waals surface area contributed by atoms with E-state index in [4.69, 9.17) is 0 Å². The van der Waals surface area contributed by atoms with Crippen LogP contribution >= 0.6 is 0 Å². The maximum atomic E-state index is 12.4. The molecule has 1 N–H and O–H groups in total. The predicted molar refractivity (Wildman–Crippen MR) is 84.0 cm³/mol. The molecule has 1 atom stereocenters. The van der Waals surface area contributed by atoms with Gasteiger partial charge in [0.1, 0.15) is 0 Å². The van der Waals surface area contributed by atoms with Crippen LogP contribution in [0.1, 0.15) is 43.7 Å². The summed E-state index contributed by atoms with van der Waals surface area (Å²) in [6.07, 6.45) is 4.62. The first-order chi connectivity index (χ1) is 9.63. The Morgan fingerprint density at radius 2 is 2.00 bits per heavy atom. The molecule has 110 valence electrons. The molecule has 1 aliphatic rings. The zero-order valence-electron chi connectivity index (χ0n) is 12.9. The normalized spacial score (nSPS) is 18.9. The summed E-state index contributed by atoms with van der Waals surface area (Å²) in [6.45, 7) is 7.66. The van der Waals surface area contributed by atoms with Gasteiger partial charge in [-0.25, -0.2) is 0 Å². The summed E-state index contributed by atoms with van der Waals surface area (Å²) in [6, 6.07) is 6.65. The Balaban J connectivity index is 1.98. The van der Waals surface area contributed by atoms with Gasteiger partial charge in [-0.1, -0.05) is 25.1 Å². The molecule has 1 heterocycles. The molecule has 2 rings (SSSR count). The lowest BCUT2D eigenvalue weighted by Crippen LogP contribution is -2.45. The Morgan fingerprint density at radius 3 is 2.65 bits per heavy atom. The average molecular weight is 274 g/mol. The van der Waals surface area contributed by atoms with Crippen LogP contribution in [-0.4, -0.2) is 29.9 Å². The Labute approximate surface area is 122 Å². The third kappa shape index (κ3) is 3.33. The van der Waals surface area contributed by atoms with E-state index in [2.05, 4.69) is 49.2 Å². The summed E-state index contributed by atoms with van der Waals surface area (Å²) in [5.41, 5.74) is 3.50. The molecule has 3 nitrogen and oxygen atoms in total. The van der Waals surface area contributed by atoms with Crippen LogP contribution in [0.25, 0.3) is 0 Å². The molecule has 1 fully saturated rings. The summed E-state index contributed by atoms with van der Waals surface area (Å²) in [7, 11) is 0. The van der Waals surface area contributed by atoms with Crippen molar-refractivity contribution >= 4 is 11.6 Å². The van der Waals surface area contributed by atoms with Gasteiger partial charge < -0.3 is 10.2 Å². The number of piperidine rings is 1. The van der Waals surface area contributed by atoms with Gasteiger partial charge in [-0.2, -0.15) is 0 Å². The zero-order valence-corrected chi connectivity index (χ0v) is 12.9. The number of nitrogens with zero attached hydrogens (tertiary/aromatic N) is 1. The number of para-hydroxylation sites is 1. The van der Waals surface area contributed by atoms with Gasteiger partial charge >= 0.3 is 0 Å². The molecule has 0 spiro atoms. The second-order valence-electron chi connectivity index (χ2n) is 5.77. The minimum Gasteiger partial charge on any atom is -0.376 e. The number of likely N-dealkylation sites (tertiary alicyclic amines) is 1. The molecule has 0 saturated carbocycles. The topological polar surface area (TPSA) is 32.3 Å². The van der Waals surface area contributed by atoms with Crippen LogP contribution in [0.4, 0.5) is 5.69 Å². The van der Waals surface area contributed by atoms with Crippen molar-refractivity contribution in [3.8, 4) is 0 Å². The number of carbonyl (C=O) groups excluding carboxylic acids is 1. The fourth-order valence-corrected chi connectivity index (χ4v) is 3.11. The molecule has 1 aromatic carbocycles. The molecule has 1 unspecified atom stereocenters. The van der Waals surface area contributed by atoms with Crippen LogP contribution in [0.3, 0.4) is 0 Å². The first-order valence-electron chi connectivity index (χ1n) is 7.73. The number of anilines is 1.